The van der Waals surface area contributed by atoms with Crippen molar-refractivity contribution in [2.45, 2.75) is 0 Å². The highest BCUT2D eigenvalue weighted by molar-refractivity contribution is 5.99. The zero-order valence-electron chi connectivity index (χ0n) is 7.24. The van der Waals surface area contributed by atoms with E-state index < -0.39 is 5.76 Å². The number of hydrogen-bond donors (Lipinski definition) is 2. The second-order valence-corrected chi connectivity index (χ2v) is 2.85. The molecule has 0 bridgehead atoms. The molecule has 0 amide bonds. The van der Waals surface area contributed by atoms with Crippen molar-refractivity contribution in [2.24, 2.45) is 5.73 Å². The predicted molar refractivity (Wildman–Crippen MR) is 50.2 cm³/mol. The summed E-state index contributed by atoms with van der Waals surface area (Å²) in [5.41, 5.74) is 6.62. The van der Waals surface area contributed by atoms with E-state index in [1.165, 1.54) is 0 Å². The Morgan fingerprint density at radius 2 is 2.29 bits per heavy atom. The first-order chi connectivity index (χ1) is 6.70. The quantitative estimate of drug-likeness (QED) is 0.668. The maximum absolute atomic E-state index is 11.2. The number of nitrogens with two attached hydrogens (primary N) is 1. The van der Waals surface area contributed by atoms with Crippen LogP contribution in [0.1, 0.15) is 10.4 Å². The first-order valence-corrected chi connectivity index (χ1v) is 4.07. The molecule has 5 nitrogen and oxygen atoms in total. The van der Waals surface area contributed by atoms with Crippen LogP contribution in [-0.4, -0.2) is 17.3 Å². The lowest BCUT2D eigenvalue weighted by atomic mass is 10.1. The number of ketones is 1. The van der Waals surface area contributed by atoms with Gasteiger partial charge in [0.05, 0.1) is 12.1 Å². The van der Waals surface area contributed by atoms with Gasteiger partial charge >= 0.3 is 5.76 Å². The predicted octanol–water partition coefficient (Wildman–Crippen LogP) is 0.263. The van der Waals surface area contributed by atoms with Gasteiger partial charge in [0.2, 0.25) is 0 Å². The second-order valence-electron chi connectivity index (χ2n) is 2.85. The van der Waals surface area contributed by atoms with Crippen molar-refractivity contribution < 1.29 is 9.21 Å². The highest BCUT2D eigenvalue weighted by atomic mass is 16.4. The zero-order chi connectivity index (χ0) is 10.1. The standard InChI is InChI=1S/C9H8N2O3/c10-4-7(12)5-1-2-8-6(3-5)11-9(13)14-8/h1-3H,4,10H2,(H,11,13). The Morgan fingerprint density at radius 3 is 3.00 bits per heavy atom. The maximum Gasteiger partial charge on any atom is 0.417 e. The summed E-state index contributed by atoms with van der Waals surface area (Å²) in [6.07, 6.45) is 0. The molecule has 0 aliphatic rings. The molecule has 0 aliphatic heterocycles. The number of Topliss-reactive ketones (excluding diaryl/α,β-unsaturated/α-hetero) is 1. The Hall–Kier alpha value is -1.88. The van der Waals surface area contributed by atoms with Gasteiger partial charge in [-0.1, -0.05) is 0 Å². The molecular formula is C9H8N2O3. The summed E-state index contributed by atoms with van der Waals surface area (Å²) >= 11 is 0. The molecule has 5 heteroatoms. The van der Waals surface area contributed by atoms with Gasteiger partial charge < -0.3 is 10.2 Å². The van der Waals surface area contributed by atoms with Crippen molar-refractivity contribution in [2.75, 3.05) is 6.54 Å². The summed E-state index contributed by atoms with van der Waals surface area (Å²) in [6, 6.07) is 4.69. The molecule has 0 radical (unpaired) electrons. The Morgan fingerprint density at radius 1 is 1.50 bits per heavy atom. The van der Waals surface area contributed by atoms with E-state index in [2.05, 4.69) is 4.98 Å². The van der Waals surface area contributed by atoms with E-state index in [-0.39, 0.29) is 12.3 Å². The van der Waals surface area contributed by atoms with Crippen LogP contribution in [0.5, 0.6) is 0 Å². The summed E-state index contributed by atoms with van der Waals surface area (Å²) in [6.45, 7) is -0.0480. The van der Waals surface area contributed by atoms with E-state index in [0.29, 0.717) is 16.7 Å². The summed E-state index contributed by atoms with van der Waals surface area (Å²) in [5.74, 6) is -0.703. The van der Waals surface area contributed by atoms with Gasteiger partial charge in [-0.05, 0) is 18.2 Å². The monoisotopic (exact) mass is 192 g/mol. The highest BCUT2D eigenvalue weighted by Crippen LogP contribution is 2.12. The maximum atomic E-state index is 11.2. The smallest absolute Gasteiger partial charge is 0.408 e. The molecule has 1 heterocycles. The van der Waals surface area contributed by atoms with Crippen LogP contribution in [-0.2, 0) is 0 Å². The first kappa shape index (κ1) is 8.71. The zero-order valence-corrected chi connectivity index (χ0v) is 7.24. The third kappa shape index (κ3) is 1.33. The fourth-order valence-corrected chi connectivity index (χ4v) is 1.24. The fourth-order valence-electron chi connectivity index (χ4n) is 1.24. The molecular weight excluding hydrogens is 184 g/mol. The summed E-state index contributed by atoms with van der Waals surface area (Å²) in [4.78, 5) is 24.5. The molecule has 1 aromatic heterocycles. The highest BCUT2D eigenvalue weighted by Gasteiger charge is 2.06. The Kier molecular flexibility index (Phi) is 1.94. The van der Waals surface area contributed by atoms with Crippen molar-refractivity contribution in [3.05, 3.63) is 34.3 Å². The number of oxazole rings is 1. The topological polar surface area (TPSA) is 89.1 Å². The first-order valence-electron chi connectivity index (χ1n) is 4.07. The number of aromatic amines is 1. The SMILES string of the molecule is NCC(=O)c1ccc2oc(=O)[nH]c2c1. The molecule has 72 valence electrons. The van der Waals surface area contributed by atoms with E-state index in [0.717, 1.165) is 0 Å². The van der Waals surface area contributed by atoms with Crippen LogP contribution in [0.2, 0.25) is 0 Å². The van der Waals surface area contributed by atoms with Gasteiger partial charge in [-0.15, -0.1) is 0 Å². The Balaban J connectivity index is 2.61. The van der Waals surface area contributed by atoms with E-state index in [1.54, 1.807) is 18.2 Å². The average molecular weight is 192 g/mol. The molecule has 3 N–H and O–H groups in total. The Labute approximate surface area is 78.5 Å². The molecule has 0 fully saturated rings. The number of carbonyl (C=O) groups excluding carboxylic acids is 1. The Bertz CT molecular complexity index is 538. The second kappa shape index (κ2) is 3.12. The lowest BCUT2D eigenvalue weighted by molar-refractivity contribution is 0.100. The van der Waals surface area contributed by atoms with Gasteiger partial charge in [0.25, 0.3) is 0 Å². The van der Waals surface area contributed by atoms with Crippen LogP contribution in [0.25, 0.3) is 11.1 Å². The molecule has 0 spiro atoms. The van der Waals surface area contributed by atoms with E-state index in [1.807, 2.05) is 0 Å². The summed E-state index contributed by atoms with van der Waals surface area (Å²) in [7, 11) is 0. The normalized spacial score (nSPS) is 10.6. The van der Waals surface area contributed by atoms with Gasteiger partial charge in [0.15, 0.2) is 11.4 Å². The third-order valence-electron chi connectivity index (χ3n) is 1.93. The molecule has 0 aliphatic carbocycles. The van der Waals surface area contributed by atoms with Crippen LogP contribution in [0.4, 0.5) is 0 Å². The van der Waals surface area contributed by atoms with Gasteiger partial charge in [0, 0.05) is 5.56 Å². The van der Waals surface area contributed by atoms with Crippen molar-refractivity contribution in [3.63, 3.8) is 0 Å². The summed E-state index contributed by atoms with van der Waals surface area (Å²) in [5, 5.41) is 0. The lowest BCUT2D eigenvalue weighted by Crippen LogP contribution is -2.13. The van der Waals surface area contributed by atoms with Crippen molar-refractivity contribution in [1.29, 1.82) is 0 Å². The van der Waals surface area contributed by atoms with E-state index in [4.69, 9.17) is 10.2 Å². The molecule has 2 rings (SSSR count). The van der Waals surface area contributed by atoms with E-state index in [9.17, 15) is 9.59 Å². The van der Waals surface area contributed by atoms with E-state index >= 15 is 0 Å². The van der Waals surface area contributed by atoms with Crippen LogP contribution in [0.3, 0.4) is 0 Å². The van der Waals surface area contributed by atoms with Gasteiger partial charge in [-0.3, -0.25) is 9.78 Å². The number of H-pyrrole nitrogens is 1. The van der Waals surface area contributed by atoms with Gasteiger partial charge in [-0.2, -0.15) is 0 Å². The average Bonchev–Trinajstić information content (AvgIpc) is 2.55. The van der Waals surface area contributed by atoms with Crippen molar-refractivity contribution in [1.82, 2.24) is 4.98 Å². The van der Waals surface area contributed by atoms with Crippen LogP contribution in [0.15, 0.2) is 27.4 Å². The van der Waals surface area contributed by atoms with Gasteiger partial charge in [0.1, 0.15) is 0 Å². The number of carbonyl (C=O) groups is 1. The lowest BCUT2D eigenvalue weighted by Gasteiger charge is -1.95. The minimum atomic E-state index is -0.530. The molecule has 0 saturated heterocycles. The van der Waals surface area contributed by atoms with Crippen molar-refractivity contribution >= 4 is 16.9 Å². The number of aromatic nitrogens is 1. The van der Waals surface area contributed by atoms with Crippen LogP contribution < -0.4 is 11.5 Å². The fraction of sp³-hybridized carbons (Fsp3) is 0.111. The molecule has 1 aromatic carbocycles. The minimum Gasteiger partial charge on any atom is -0.408 e. The number of rotatable bonds is 2. The number of nitrogens with one attached hydrogen (secondary N) is 1. The van der Waals surface area contributed by atoms with Crippen LogP contribution >= 0.6 is 0 Å². The minimum absolute atomic E-state index is 0.0480. The van der Waals surface area contributed by atoms with Crippen molar-refractivity contribution in [3.8, 4) is 0 Å². The molecule has 0 atom stereocenters. The third-order valence-corrected chi connectivity index (χ3v) is 1.93. The molecule has 2 aromatic rings. The summed E-state index contributed by atoms with van der Waals surface area (Å²) < 4.78 is 4.78. The number of fused-ring (bicyclic) bond motifs is 1. The number of hydrogen-bond acceptors (Lipinski definition) is 4. The van der Waals surface area contributed by atoms with Gasteiger partial charge in [-0.25, -0.2) is 4.79 Å². The molecule has 0 unspecified atom stereocenters. The number of benzene rings is 1. The largest absolute Gasteiger partial charge is 0.417 e. The molecule has 14 heavy (non-hydrogen) atoms. The van der Waals surface area contributed by atoms with Crippen LogP contribution in [0, 0.1) is 0 Å². The molecule has 0 saturated carbocycles.